The first-order valence-corrected chi connectivity index (χ1v) is 12.0. The Morgan fingerprint density at radius 3 is 2.37 bits per heavy atom. The zero-order valence-electron chi connectivity index (χ0n) is 19.0. The van der Waals surface area contributed by atoms with E-state index in [2.05, 4.69) is 47.7 Å². The fourth-order valence-corrected chi connectivity index (χ4v) is 4.03. The van der Waals surface area contributed by atoms with Gasteiger partial charge in [-0.1, -0.05) is 34.1 Å². The number of para-hydroxylation sites is 1. The van der Waals surface area contributed by atoms with Crippen molar-refractivity contribution in [3.05, 3.63) is 80.7 Å². The molecule has 3 rings (SSSR count). The molecule has 0 heterocycles. The van der Waals surface area contributed by atoms with Gasteiger partial charge >= 0.3 is 0 Å². The summed E-state index contributed by atoms with van der Waals surface area (Å²) < 4.78 is 18.1. The third-order valence-electron chi connectivity index (χ3n) is 4.62. The molecule has 0 atom stereocenters. The highest BCUT2D eigenvalue weighted by atomic mass is 79.9. The zero-order valence-corrected chi connectivity index (χ0v) is 22.2. The highest BCUT2D eigenvalue weighted by Crippen LogP contribution is 2.29. The average Bonchev–Trinajstić information content (AvgIpc) is 2.84. The van der Waals surface area contributed by atoms with Gasteiger partial charge in [-0.15, -0.1) is 0 Å². The first-order valence-electron chi connectivity index (χ1n) is 10.4. The van der Waals surface area contributed by atoms with E-state index >= 15 is 0 Å². The number of amides is 2. The Balaban J connectivity index is 1.50. The zero-order chi connectivity index (χ0) is 25.2. The molecule has 0 saturated carbocycles. The predicted molar refractivity (Wildman–Crippen MR) is 141 cm³/mol. The van der Waals surface area contributed by atoms with Crippen LogP contribution in [0.3, 0.4) is 0 Å². The number of nitrogens with zero attached hydrogens (tertiary/aromatic N) is 1. The van der Waals surface area contributed by atoms with Crippen LogP contribution in [0.25, 0.3) is 0 Å². The van der Waals surface area contributed by atoms with Crippen molar-refractivity contribution in [3.8, 4) is 17.2 Å². The van der Waals surface area contributed by atoms with Crippen LogP contribution in [0.5, 0.6) is 17.2 Å². The first-order chi connectivity index (χ1) is 16.9. The molecule has 2 N–H and O–H groups in total. The van der Waals surface area contributed by atoms with Crippen molar-refractivity contribution in [1.82, 2.24) is 5.43 Å². The molecule has 8 nitrogen and oxygen atoms in total. The summed E-state index contributed by atoms with van der Waals surface area (Å²) in [7, 11) is 1.50. The predicted octanol–water partition coefficient (Wildman–Crippen LogP) is 5.08. The van der Waals surface area contributed by atoms with Crippen LogP contribution < -0.4 is 25.0 Å². The molecule has 35 heavy (non-hydrogen) atoms. The van der Waals surface area contributed by atoms with Gasteiger partial charge in [0.25, 0.3) is 11.8 Å². The van der Waals surface area contributed by atoms with Crippen LogP contribution in [0.4, 0.5) is 5.69 Å². The van der Waals surface area contributed by atoms with Crippen LogP contribution in [0.15, 0.2) is 74.7 Å². The van der Waals surface area contributed by atoms with E-state index in [4.69, 9.17) is 14.2 Å². The number of nitrogens with one attached hydrogen (secondary N) is 2. The molecule has 0 radical (unpaired) electrons. The SMILES string of the molecule is COc1cc(/C=N/NC(=O)COc2ccc(Br)cc2Br)ccc1OCC(=O)Nc1ccccc1C. The number of hydrazone groups is 1. The van der Waals surface area contributed by atoms with Crippen molar-refractivity contribution in [2.45, 2.75) is 6.92 Å². The standard InChI is InChI=1S/C25H23Br2N3O5/c1-16-5-3-4-6-20(16)29-24(31)14-35-22-9-7-17(11-23(22)33-2)13-28-30-25(32)15-34-21-10-8-18(26)12-19(21)27/h3-13H,14-15H2,1-2H3,(H,29,31)(H,30,32)/b28-13+. The fourth-order valence-electron chi connectivity index (χ4n) is 2.87. The van der Waals surface area contributed by atoms with Crippen molar-refractivity contribution in [1.29, 1.82) is 0 Å². The number of methoxy groups -OCH3 is 1. The highest BCUT2D eigenvalue weighted by Gasteiger charge is 2.10. The lowest BCUT2D eigenvalue weighted by molar-refractivity contribution is -0.123. The Kier molecular flexibility index (Phi) is 9.68. The van der Waals surface area contributed by atoms with E-state index in [9.17, 15) is 9.59 Å². The van der Waals surface area contributed by atoms with Gasteiger partial charge in [0, 0.05) is 10.2 Å². The van der Waals surface area contributed by atoms with Crippen LogP contribution >= 0.6 is 31.9 Å². The van der Waals surface area contributed by atoms with Crippen molar-refractivity contribution >= 4 is 55.6 Å². The van der Waals surface area contributed by atoms with Gasteiger partial charge in [0.05, 0.1) is 17.8 Å². The van der Waals surface area contributed by atoms with Crippen LogP contribution in [-0.2, 0) is 9.59 Å². The molecule has 0 fully saturated rings. The number of benzene rings is 3. The second-order valence-corrected chi connectivity index (χ2v) is 8.99. The van der Waals surface area contributed by atoms with E-state index in [1.54, 1.807) is 24.3 Å². The Morgan fingerprint density at radius 2 is 1.63 bits per heavy atom. The summed E-state index contributed by atoms with van der Waals surface area (Å²) in [6.45, 7) is 1.54. The lowest BCUT2D eigenvalue weighted by Gasteiger charge is -2.12. The summed E-state index contributed by atoms with van der Waals surface area (Å²) in [5.41, 5.74) is 4.76. The molecule has 0 aliphatic carbocycles. The number of ether oxygens (including phenoxy) is 3. The summed E-state index contributed by atoms with van der Waals surface area (Å²) in [6, 6.07) is 17.9. The Bertz CT molecular complexity index is 1230. The minimum Gasteiger partial charge on any atom is -0.493 e. The minimum atomic E-state index is -0.414. The summed E-state index contributed by atoms with van der Waals surface area (Å²) in [6.07, 6.45) is 1.46. The maximum absolute atomic E-state index is 12.2. The van der Waals surface area contributed by atoms with E-state index in [1.807, 2.05) is 43.3 Å². The third-order valence-corrected chi connectivity index (χ3v) is 5.73. The van der Waals surface area contributed by atoms with Crippen molar-refractivity contribution < 1.29 is 23.8 Å². The van der Waals surface area contributed by atoms with Gasteiger partial charge in [0.15, 0.2) is 24.7 Å². The van der Waals surface area contributed by atoms with E-state index in [0.29, 0.717) is 22.8 Å². The fraction of sp³-hybridized carbons (Fsp3) is 0.160. The van der Waals surface area contributed by atoms with Gasteiger partial charge in [-0.05, 0) is 76.4 Å². The van der Waals surface area contributed by atoms with Crippen molar-refractivity contribution in [3.63, 3.8) is 0 Å². The summed E-state index contributed by atoms with van der Waals surface area (Å²) in [5.74, 6) is 0.671. The Labute approximate surface area is 219 Å². The summed E-state index contributed by atoms with van der Waals surface area (Å²) in [5, 5.41) is 6.75. The normalized spacial score (nSPS) is 10.6. The molecule has 10 heteroatoms. The molecule has 2 amide bonds. The molecule has 0 spiro atoms. The molecule has 0 aromatic heterocycles. The number of carbonyl (C=O) groups is 2. The van der Waals surface area contributed by atoms with Gasteiger partial charge in [-0.25, -0.2) is 5.43 Å². The number of anilines is 1. The van der Waals surface area contributed by atoms with Crippen LogP contribution in [0, 0.1) is 6.92 Å². The monoisotopic (exact) mass is 603 g/mol. The maximum atomic E-state index is 12.2. The topological polar surface area (TPSA) is 98.2 Å². The number of rotatable bonds is 10. The second kappa shape index (κ2) is 12.9. The molecule has 182 valence electrons. The van der Waals surface area contributed by atoms with Gasteiger partial charge in [-0.3, -0.25) is 9.59 Å². The lowest BCUT2D eigenvalue weighted by atomic mass is 10.2. The lowest BCUT2D eigenvalue weighted by Crippen LogP contribution is -2.24. The molecule has 0 saturated heterocycles. The van der Waals surface area contributed by atoms with E-state index in [-0.39, 0.29) is 19.1 Å². The first kappa shape index (κ1) is 26.2. The largest absolute Gasteiger partial charge is 0.493 e. The quantitative estimate of drug-likeness (QED) is 0.249. The molecule has 0 aliphatic heterocycles. The summed E-state index contributed by atoms with van der Waals surface area (Å²) >= 11 is 6.73. The van der Waals surface area contributed by atoms with Crippen LogP contribution in [0.1, 0.15) is 11.1 Å². The number of aryl methyl sites for hydroxylation is 1. The summed E-state index contributed by atoms with van der Waals surface area (Å²) in [4.78, 5) is 24.2. The molecule has 0 aliphatic rings. The van der Waals surface area contributed by atoms with Gasteiger partial charge < -0.3 is 19.5 Å². The van der Waals surface area contributed by atoms with Gasteiger partial charge in [0.1, 0.15) is 5.75 Å². The van der Waals surface area contributed by atoms with E-state index < -0.39 is 5.91 Å². The Hall–Kier alpha value is -3.37. The smallest absolute Gasteiger partial charge is 0.277 e. The molecule has 3 aromatic carbocycles. The van der Waals surface area contributed by atoms with Crippen molar-refractivity contribution in [2.75, 3.05) is 25.6 Å². The molecular weight excluding hydrogens is 582 g/mol. The Morgan fingerprint density at radius 1 is 0.914 bits per heavy atom. The molecular formula is C25H23Br2N3O5. The molecule has 0 unspecified atom stereocenters. The number of hydrogen-bond acceptors (Lipinski definition) is 6. The number of carbonyl (C=O) groups excluding carboxylic acids is 2. The van der Waals surface area contributed by atoms with E-state index in [1.165, 1.54) is 13.3 Å². The van der Waals surface area contributed by atoms with E-state index in [0.717, 1.165) is 20.2 Å². The third kappa shape index (κ3) is 8.11. The average molecular weight is 605 g/mol. The molecule has 0 bridgehead atoms. The highest BCUT2D eigenvalue weighted by molar-refractivity contribution is 9.11. The second-order valence-electron chi connectivity index (χ2n) is 7.22. The number of hydrogen-bond donors (Lipinski definition) is 2. The van der Waals surface area contributed by atoms with Gasteiger partial charge in [0.2, 0.25) is 0 Å². The maximum Gasteiger partial charge on any atom is 0.277 e. The van der Waals surface area contributed by atoms with Crippen LogP contribution in [-0.4, -0.2) is 38.4 Å². The minimum absolute atomic E-state index is 0.178. The van der Waals surface area contributed by atoms with Gasteiger partial charge in [-0.2, -0.15) is 5.10 Å². The molecule has 3 aromatic rings. The van der Waals surface area contributed by atoms with Crippen molar-refractivity contribution in [2.24, 2.45) is 5.10 Å². The number of halogens is 2. The van der Waals surface area contributed by atoms with Crippen LogP contribution in [0.2, 0.25) is 0 Å².